The lowest BCUT2D eigenvalue weighted by atomic mass is 9.95. The molecule has 1 aliphatic heterocycles. The van der Waals surface area contributed by atoms with Crippen LogP contribution in [0.3, 0.4) is 0 Å². The Morgan fingerprint density at radius 1 is 1.19 bits per heavy atom. The van der Waals surface area contributed by atoms with Crippen molar-refractivity contribution in [2.75, 3.05) is 11.5 Å². The van der Waals surface area contributed by atoms with Gasteiger partial charge in [-0.3, -0.25) is 14.5 Å². The topological polar surface area (TPSA) is 79.7 Å². The number of benzene rings is 2. The van der Waals surface area contributed by atoms with Crippen LogP contribution in [0.5, 0.6) is 5.75 Å². The molecule has 6 nitrogen and oxygen atoms in total. The lowest BCUT2D eigenvalue weighted by Crippen LogP contribution is -2.29. The van der Waals surface area contributed by atoms with Crippen LogP contribution in [0.4, 0.5) is 5.13 Å². The molecule has 3 aromatic rings. The average molecular weight is 489 g/mol. The van der Waals surface area contributed by atoms with Gasteiger partial charge in [-0.25, -0.2) is 4.98 Å². The molecule has 164 valence electrons. The molecule has 1 saturated heterocycles. The van der Waals surface area contributed by atoms with Crippen molar-refractivity contribution in [2.24, 2.45) is 0 Å². The first-order valence-electron chi connectivity index (χ1n) is 9.81. The van der Waals surface area contributed by atoms with E-state index >= 15 is 0 Å². The molecule has 0 bridgehead atoms. The van der Waals surface area contributed by atoms with E-state index in [0.717, 1.165) is 6.42 Å². The lowest BCUT2D eigenvalue weighted by Gasteiger charge is -2.23. The van der Waals surface area contributed by atoms with E-state index in [1.807, 2.05) is 6.92 Å². The second-order valence-corrected chi connectivity index (χ2v) is 8.72. The molecular weight excluding hydrogens is 471 g/mol. The smallest absolute Gasteiger partial charge is 0.301 e. The number of carbonyl (C=O) groups is 2. The zero-order valence-corrected chi connectivity index (χ0v) is 19.2. The van der Waals surface area contributed by atoms with E-state index < -0.39 is 17.7 Å². The first kappa shape index (κ1) is 22.3. The third-order valence-electron chi connectivity index (χ3n) is 4.91. The molecule has 1 unspecified atom stereocenters. The number of hydrogen-bond donors (Lipinski definition) is 1. The molecule has 1 aliphatic rings. The third kappa shape index (κ3) is 4.11. The minimum Gasteiger partial charge on any atom is -0.507 e. The molecule has 0 radical (unpaired) electrons. The fourth-order valence-corrected chi connectivity index (χ4v) is 4.44. The molecule has 4 rings (SSSR count). The van der Waals surface area contributed by atoms with Crippen LogP contribution in [-0.4, -0.2) is 28.4 Å². The minimum absolute atomic E-state index is 0.0590. The summed E-state index contributed by atoms with van der Waals surface area (Å²) in [6.45, 7) is 2.50. The molecule has 32 heavy (non-hydrogen) atoms. The second kappa shape index (κ2) is 9.32. The highest BCUT2D eigenvalue weighted by Gasteiger charge is 2.48. The number of amides is 1. The summed E-state index contributed by atoms with van der Waals surface area (Å²) in [7, 11) is 0. The van der Waals surface area contributed by atoms with Gasteiger partial charge in [-0.2, -0.15) is 0 Å². The highest BCUT2D eigenvalue weighted by molar-refractivity contribution is 7.14. The van der Waals surface area contributed by atoms with Crippen molar-refractivity contribution in [1.82, 2.24) is 4.98 Å². The summed E-state index contributed by atoms with van der Waals surface area (Å²) in [4.78, 5) is 31.6. The van der Waals surface area contributed by atoms with Crippen molar-refractivity contribution in [2.45, 2.75) is 19.4 Å². The van der Waals surface area contributed by atoms with E-state index in [-0.39, 0.29) is 16.4 Å². The van der Waals surface area contributed by atoms with Crippen LogP contribution in [0.15, 0.2) is 59.6 Å². The minimum atomic E-state index is -0.920. The van der Waals surface area contributed by atoms with E-state index in [9.17, 15) is 14.7 Å². The van der Waals surface area contributed by atoms with Crippen molar-refractivity contribution in [3.05, 3.63) is 80.8 Å². The number of Topliss-reactive ketones (excluding diaryl/α,β-unsaturated/α-hetero) is 1. The van der Waals surface area contributed by atoms with Crippen molar-refractivity contribution in [3.8, 4) is 5.75 Å². The first-order chi connectivity index (χ1) is 15.4. The molecular formula is C23H18Cl2N2O4S. The molecule has 2 heterocycles. The van der Waals surface area contributed by atoms with Crippen LogP contribution in [-0.2, 0) is 9.59 Å². The van der Waals surface area contributed by atoms with Crippen molar-refractivity contribution in [3.63, 3.8) is 0 Å². The van der Waals surface area contributed by atoms with Crippen LogP contribution < -0.4 is 9.64 Å². The fourth-order valence-electron chi connectivity index (χ4n) is 3.47. The summed E-state index contributed by atoms with van der Waals surface area (Å²) in [5, 5.41) is 13.8. The quantitative estimate of drug-likeness (QED) is 0.266. The Balaban J connectivity index is 1.89. The van der Waals surface area contributed by atoms with Crippen molar-refractivity contribution < 1.29 is 19.4 Å². The number of aromatic nitrogens is 1. The van der Waals surface area contributed by atoms with Crippen molar-refractivity contribution in [1.29, 1.82) is 0 Å². The Kier molecular flexibility index (Phi) is 6.50. The van der Waals surface area contributed by atoms with Gasteiger partial charge in [-0.1, -0.05) is 48.3 Å². The molecule has 0 saturated carbocycles. The number of aliphatic hydroxyl groups is 1. The SMILES string of the molecule is CCCOc1cccc(C(O)=C2C(=O)C(=O)N(c3nccs3)C2c2ccc(Cl)c(Cl)c2)c1. The Hall–Kier alpha value is -2.87. The maximum Gasteiger partial charge on any atom is 0.301 e. The van der Waals surface area contributed by atoms with Crippen LogP contribution in [0.1, 0.15) is 30.5 Å². The summed E-state index contributed by atoms with van der Waals surface area (Å²) >= 11 is 13.5. The van der Waals surface area contributed by atoms with Gasteiger partial charge in [0.25, 0.3) is 5.78 Å². The van der Waals surface area contributed by atoms with Gasteiger partial charge in [0.1, 0.15) is 11.5 Å². The van der Waals surface area contributed by atoms with Crippen molar-refractivity contribution >= 4 is 57.1 Å². The standard InChI is InChI=1S/C23H18Cl2N2O4S/c1-2-9-31-15-5-3-4-14(11-15)20(28)18-19(13-6-7-16(24)17(25)12-13)27(22(30)21(18)29)23-26-8-10-32-23/h3-8,10-12,19,28H,2,9H2,1H3. The molecule has 1 atom stereocenters. The van der Waals surface area contributed by atoms with Crippen LogP contribution in [0, 0.1) is 0 Å². The molecule has 0 spiro atoms. The highest BCUT2D eigenvalue weighted by atomic mass is 35.5. The molecule has 2 aromatic carbocycles. The summed E-state index contributed by atoms with van der Waals surface area (Å²) in [5.74, 6) is -1.35. The van der Waals surface area contributed by atoms with E-state index in [4.69, 9.17) is 27.9 Å². The van der Waals surface area contributed by atoms with Gasteiger partial charge < -0.3 is 9.84 Å². The number of aliphatic hydroxyl groups excluding tert-OH is 1. The summed E-state index contributed by atoms with van der Waals surface area (Å²) in [6.07, 6.45) is 2.37. The average Bonchev–Trinajstić information content (AvgIpc) is 3.41. The van der Waals surface area contributed by atoms with Gasteiger partial charge in [-0.05, 0) is 36.2 Å². The zero-order valence-electron chi connectivity index (χ0n) is 16.9. The Labute approximate surface area is 198 Å². The Morgan fingerprint density at radius 2 is 2.00 bits per heavy atom. The summed E-state index contributed by atoms with van der Waals surface area (Å²) < 4.78 is 5.64. The molecule has 0 aliphatic carbocycles. The summed E-state index contributed by atoms with van der Waals surface area (Å²) in [6, 6.07) is 10.7. The third-order valence-corrected chi connectivity index (χ3v) is 6.42. The number of thiazole rings is 1. The number of halogens is 2. The molecule has 1 N–H and O–H groups in total. The number of anilines is 1. The number of nitrogens with zero attached hydrogens (tertiary/aromatic N) is 2. The number of hydrogen-bond acceptors (Lipinski definition) is 6. The zero-order chi connectivity index (χ0) is 22.8. The Bertz CT molecular complexity index is 1210. The van der Waals surface area contributed by atoms with E-state index in [1.165, 1.54) is 16.2 Å². The number of rotatable bonds is 6. The first-order valence-corrected chi connectivity index (χ1v) is 11.4. The van der Waals surface area contributed by atoms with Gasteiger partial charge in [0.2, 0.25) is 0 Å². The Morgan fingerprint density at radius 3 is 2.69 bits per heavy atom. The molecule has 1 amide bonds. The van der Waals surface area contributed by atoms with E-state index in [1.54, 1.807) is 54.0 Å². The maximum absolute atomic E-state index is 13.1. The number of carbonyl (C=O) groups excluding carboxylic acids is 2. The number of ether oxygens (including phenoxy) is 1. The predicted molar refractivity (Wildman–Crippen MR) is 126 cm³/mol. The van der Waals surface area contributed by atoms with Gasteiger partial charge >= 0.3 is 5.91 Å². The molecule has 9 heteroatoms. The fraction of sp³-hybridized carbons (Fsp3) is 0.174. The van der Waals surface area contributed by atoms with Crippen LogP contribution in [0.2, 0.25) is 10.0 Å². The number of ketones is 1. The summed E-state index contributed by atoms with van der Waals surface area (Å²) in [5.41, 5.74) is 0.825. The monoisotopic (exact) mass is 488 g/mol. The normalized spacial score (nSPS) is 17.7. The molecule has 1 fully saturated rings. The van der Waals surface area contributed by atoms with E-state index in [2.05, 4.69) is 4.98 Å². The van der Waals surface area contributed by atoms with Crippen LogP contribution in [0.25, 0.3) is 5.76 Å². The largest absolute Gasteiger partial charge is 0.507 e. The highest BCUT2D eigenvalue weighted by Crippen LogP contribution is 2.44. The van der Waals surface area contributed by atoms with Gasteiger partial charge in [0, 0.05) is 17.1 Å². The lowest BCUT2D eigenvalue weighted by molar-refractivity contribution is -0.132. The predicted octanol–water partition coefficient (Wildman–Crippen LogP) is 5.87. The van der Waals surface area contributed by atoms with Gasteiger partial charge in [0.05, 0.1) is 28.3 Å². The van der Waals surface area contributed by atoms with Gasteiger partial charge in [0.15, 0.2) is 5.13 Å². The molecule has 1 aromatic heterocycles. The second-order valence-electron chi connectivity index (χ2n) is 7.03. The van der Waals surface area contributed by atoms with Crippen LogP contribution >= 0.6 is 34.5 Å². The maximum atomic E-state index is 13.1. The van der Waals surface area contributed by atoms with Gasteiger partial charge in [-0.15, -0.1) is 11.3 Å². The van der Waals surface area contributed by atoms with E-state index in [0.29, 0.717) is 33.6 Å².